The van der Waals surface area contributed by atoms with E-state index in [1.54, 1.807) is 0 Å². The summed E-state index contributed by atoms with van der Waals surface area (Å²) in [5.41, 5.74) is 0. The third-order valence-electron chi connectivity index (χ3n) is 3.45. The van der Waals surface area contributed by atoms with Gasteiger partial charge in [0.1, 0.15) is 5.78 Å². The van der Waals surface area contributed by atoms with Crippen molar-refractivity contribution in [3.63, 3.8) is 0 Å². The highest BCUT2D eigenvalue weighted by atomic mass is 16.1. The molecule has 2 unspecified atom stereocenters. The average Bonchev–Trinajstić information content (AvgIpc) is 2.19. The van der Waals surface area contributed by atoms with Gasteiger partial charge in [-0.25, -0.2) is 0 Å². The van der Waals surface area contributed by atoms with Crippen LogP contribution in [0.15, 0.2) is 12.2 Å². The predicted molar refractivity (Wildman–Crippen MR) is 57.2 cm³/mol. The zero-order valence-corrected chi connectivity index (χ0v) is 8.91. The molecular weight excluding hydrogens is 174 g/mol. The van der Waals surface area contributed by atoms with Crippen molar-refractivity contribution < 1.29 is 4.79 Å². The minimum Gasteiger partial charge on any atom is -0.300 e. The fourth-order valence-corrected chi connectivity index (χ4v) is 2.64. The summed E-state index contributed by atoms with van der Waals surface area (Å²) < 4.78 is 0. The predicted octanol–water partition coefficient (Wildman–Crippen LogP) is 2.15. The molecule has 1 heterocycles. The molecular formula is C12H19NO. The largest absolute Gasteiger partial charge is 0.300 e. The molecule has 0 spiro atoms. The maximum absolute atomic E-state index is 11.3. The molecule has 0 aromatic carbocycles. The van der Waals surface area contributed by atoms with Crippen LogP contribution in [-0.2, 0) is 4.79 Å². The number of ketones is 1. The summed E-state index contributed by atoms with van der Waals surface area (Å²) >= 11 is 0. The van der Waals surface area contributed by atoms with E-state index < -0.39 is 0 Å². The van der Waals surface area contributed by atoms with Gasteiger partial charge in [0.05, 0.1) is 0 Å². The lowest BCUT2D eigenvalue weighted by atomic mass is 9.94. The first-order valence-electron chi connectivity index (χ1n) is 5.70. The van der Waals surface area contributed by atoms with Gasteiger partial charge in [0, 0.05) is 31.5 Å². The van der Waals surface area contributed by atoms with E-state index in [0.717, 1.165) is 19.4 Å². The van der Waals surface area contributed by atoms with E-state index >= 15 is 0 Å². The van der Waals surface area contributed by atoms with E-state index in [1.807, 2.05) is 0 Å². The van der Waals surface area contributed by atoms with E-state index in [-0.39, 0.29) is 0 Å². The highest BCUT2D eigenvalue weighted by molar-refractivity contribution is 5.79. The summed E-state index contributed by atoms with van der Waals surface area (Å²) in [5.74, 6) is 0.445. The molecule has 14 heavy (non-hydrogen) atoms. The topological polar surface area (TPSA) is 20.3 Å². The van der Waals surface area contributed by atoms with Crippen molar-refractivity contribution in [3.05, 3.63) is 12.2 Å². The molecule has 0 aromatic heterocycles. The van der Waals surface area contributed by atoms with Gasteiger partial charge in [-0.15, -0.1) is 0 Å². The highest BCUT2D eigenvalue weighted by Crippen LogP contribution is 2.24. The van der Waals surface area contributed by atoms with Crippen molar-refractivity contribution in [2.24, 2.45) is 0 Å². The Morgan fingerprint density at radius 1 is 1.43 bits per heavy atom. The van der Waals surface area contributed by atoms with E-state index in [4.69, 9.17) is 0 Å². The van der Waals surface area contributed by atoms with E-state index in [9.17, 15) is 4.79 Å². The first kappa shape index (κ1) is 9.91. The number of carbonyl (C=O) groups is 1. The lowest BCUT2D eigenvalue weighted by Gasteiger charge is -2.39. The molecule has 0 bridgehead atoms. The number of piperidine rings is 1. The smallest absolute Gasteiger partial charge is 0.135 e. The second-order valence-corrected chi connectivity index (χ2v) is 4.52. The Morgan fingerprint density at radius 3 is 2.93 bits per heavy atom. The van der Waals surface area contributed by atoms with Crippen LogP contribution < -0.4 is 0 Å². The summed E-state index contributed by atoms with van der Waals surface area (Å²) in [7, 11) is 0. The van der Waals surface area contributed by atoms with Crippen LogP contribution in [-0.4, -0.2) is 29.3 Å². The van der Waals surface area contributed by atoms with E-state index in [2.05, 4.69) is 24.0 Å². The fraction of sp³-hybridized carbons (Fsp3) is 0.750. The molecule has 0 radical (unpaired) electrons. The van der Waals surface area contributed by atoms with Gasteiger partial charge in [0.25, 0.3) is 0 Å². The number of Topliss-reactive ketones (excluding diaryl/α,β-unsaturated/α-hetero) is 1. The monoisotopic (exact) mass is 193 g/mol. The Hall–Kier alpha value is -0.630. The van der Waals surface area contributed by atoms with Crippen LogP contribution in [0.25, 0.3) is 0 Å². The summed E-state index contributed by atoms with van der Waals surface area (Å²) in [5, 5.41) is 0. The molecule has 1 saturated heterocycles. The van der Waals surface area contributed by atoms with Crippen molar-refractivity contribution in [3.8, 4) is 0 Å². The molecule has 2 heteroatoms. The van der Waals surface area contributed by atoms with Gasteiger partial charge in [-0.2, -0.15) is 0 Å². The van der Waals surface area contributed by atoms with Gasteiger partial charge in [0.15, 0.2) is 0 Å². The Kier molecular flexibility index (Phi) is 3.02. The molecule has 1 fully saturated rings. The number of allylic oxidation sites excluding steroid dienone is 1. The van der Waals surface area contributed by atoms with E-state index in [1.165, 1.54) is 19.3 Å². The van der Waals surface area contributed by atoms with Gasteiger partial charge in [0.2, 0.25) is 0 Å². The Bertz CT molecular complexity index is 247. The van der Waals surface area contributed by atoms with Crippen LogP contribution in [0.1, 0.15) is 39.0 Å². The first-order chi connectivity index (χ1) is 6.77. The average molecular weight is 193 g/mol. The molecule has 0 saturated carbocycles. The van der Waals surface area contributed by atoms with Gasteiger partial charge in [-0.3, -0.25) is 9.69 Å². The van der Waals surface area contributed by atoms with Crippen molar-refractivity contribution in [2.75, 3.05) is 6.54 Å². The Morgan fingerprint density at radius 2 is 2.29 bits per heavy atom. The van der Waals surface area contributed by atoms with Crippen LogP contribution in [0.3, 0.4) is 0 Å². The molecule has 0 aromatic rings. The number of rotatable bonds is 1. The lowest BCUT2D eigenvalue weighted by molar-refractivity contribution is -0.123. The number of nitrogens with zero attached hydrogens (tertiary/aromatic N) is 1. The quantitative estimate of drug-likeness (QED) is 0.595. The molecule has 2 nitrogen and oxygen atoms in total. The first-order valence-corrected chi connectivity index (χ1v) is 5.70. The van der Waals surface area contributed by atoms with Crippen LogP contribution in [0, 0.1) is 0 Å². The third kappa shape index (κ3) is 2.06. The van der Waals surface area contributed by atoms with Crippen molar-refractivity contribution in [1.82, 2.24) is 4.90 Å². The summed E-state index contributed by atoms with van der Waals surface area (Å²) in [6.07, 6.45) is 9.76. The maximum atomic E-state index is 11.3. The van der Waals surface area contributed by atoms with Crippen molar-refractivity contribution >= 4 is 5.78 Å². The number of hydrogen-bond acceptors (Lipinski definition) is 2. The molecule has 2 aliphatic rings. The van der Waals surface area contributed by atoms with Gasteiger partial charge in [-0.05, 0) is 26.2 Å². The van der Waals surface area contributed by atoms with Gasteiger partial charge < -0.3 is 0 Å². The molecule has 1 aliphatic carbocycles. The fourth-order valence-electron chi connectivity index (χ4n) is 2.64. The number of hydrogen-bond donors (Lipinski definition) is 0. The zero-order valence-electron chi connectivity index (χ0n) is 8.91. The molecule has 0 amide bonds. The molecule has 2 rings (SSSR count). The number of carbonyl (C=O) groups excluding carboxylic acids is 1. The zero-order chi connectivity index (χ0) is 9.97. The summed E-state index contributed by atoms with van der Waals surface area (Å²) in [6.45, 7) is 3.17. The normalized spacial score (nSPS) is 34.8. The standard InChI is InChI=1S/C12H19NO/c1-10-9-12(14)7-8-13(10)11-5-3-2-4-6-11/h2-3,10-11H,4-9H2,1H3. The second kappa shape index (κ2) is 4.26. The molecule has 0 N–H and O–H groups in total. The van der Waals surface area contributed by atoms with Gasteiger partial charge >= 0.3 is 0 Å². The van der Waals surface area contributed by atoms with Crippen LogP contribution in [0.5, 0.6) is 0 Å². The number of likely N-dealkylation sites (tertiary alicyclic amines) is 1. The lowest BCUT2D eigenvalue weighted by Crippen LogP contribution is -2.47. The minimum atomic E-state index is 0.445. The summed E-state index contributed by atoms with van der Waals surface area (Å²) in [6, 6.07) is 1.16. The van der Waals surface area contributed by atoms with Crippen molar-refractivity contribution in [1.29, 1.82) is 0 Å². The SMILES string of the molecule is CC1CC(=O)CCN1C1CC=CCC1. The Balaban J connectivity index is 1.96. The van der Waals surface area contributed by atoms with Crippen LogP contribution >= 0.6 is 0 Å². The Labute approximate surface area is 86.0 Å². The minimum absolute atomic E-state index is 0.445. The molecule has 78 valence electrons. The molecule has 2 atom stereocenters. The second-order valence-electron chi connectivity index (χ2n) is 4.52. The van der Waals surface area contributed by atoms with Gasteiger partial charge in [-0.1, -0.05) is 12.2 Å². The third-order valence-corrected chi connectivity index (χ3v) is 3.45. The van der Waals surface area contributed by atoms with Crippen molar-refractivity contribution in [2.45, 2.75) is 51.1 Å². The van der Waals surface area contributed by atoms with E-state index in [0.29, 0.717) is 17.9 Å². The maximum Gasteiger partial charge on any atom is 0.135 e. The van der Waals surface area contributed by atoms with Crippen LogP contribution in [0.4, 0.5) is 0 Å². The summed E-state index contributed by atoms with van der Waals surface area (Å²) in [4.78, 5) is 13.8. The molecule has 1 aliphatic heterocycles. The highest BCUT2D eigenvalue weighted by Gasteiger charge is 2.28. The van der Waals surface area contributed by atoms with Crippen LogP contribution in [0.2, 0.25) is 0 Å².